The highest BCUT2D eigenvalue weighted by Gasteiger charge is 2.24. The first-order valence-corrected chi connectivity index (χ1v) is 11.2. The molecule has 0 saturated carbocycles. The molecule has 1 aromatic heterocycles. The lowest BCUT2D eigenvalue weighted by Gasteiger charge is -2.29. The van der Waals surface area contributed by atoms with Crippen molar-refractivity contribution in [3.8, 4) is 22.9 Å². The van der Waals surface area contributed by atoms with Crippen LogP contribution >= 0.6 is 0 Å². The number of aliphatic hydroxyl groups excluding tert-OH is 1. The van der Waals surface area contributed by atoms with E-state index in [1.54, 1.807) is 4.68 Å². The summed E-state index contributed by atoms with van der Waals surface area (Å²) in [4.78, 5) is 2.23. The molecule has 0 bridgehead atoms. The summed E-state index contributed by atoms with van der Waals surface area (Å²) in [5.41, 5.74) is 2.92. The number of aryl methyl sites for hydroxylation is 1. The molecule has 3 rings (SSSR count). The Kier molecular flexibility index (Phi) is 8.45. The molecule has 32 heavy (non-hydrogen) atoms. The van der Waals surface area contributed by atoms with Gasteiger partial charge in [0.15, 0.2) is 0 Å². The fourth-order valence-corrected chi connectivity index (χ4v) is 3.54. The molecule has 2 aromatic carbocycles. The van der Waals surface area contributed by atoms with Crippen molar-refractivity contribution >= 4 is 0 Å². The van der Waals surface area contributed by atoms with Crippen molar-refractivity contribution in [2.45, 2.75) is 52.5 Å². The molecule has 172 valence electrons. The Bertz CT molecular complexity index is 955. The van der Waals surface area contributed by atoms with E-state index >= 15 is 0 Å². The normalized spacial score (nSPS) is 12.7. The molecule has 3 aromatic rings. The van der Waals surface area contributed by atoms with Crippen molar-refractivity contribution in [2.24, 2.45) is 7.05 Å². The standard InChI is InChI=1S/C26H35N3O3/c1-19(2)29(16-22(30)18-31-20(3)4)17-24-25(21-12-8-6-9-13-21)27-28(5)26(24)32-23-14-10-7-11-15-23/h6-15,19-20,22,30H,16-18H2,1-5H3. The van der Waals surface area contributed by atoms with Gasteiger partial charge in [-0.1, -0.05) is 48.5 Å². The largest absolute Gasteiger partial charge is 0.439 e. The van der Waals surface area contributed by atoms with Crippen LogP contribution in [0.5, 0.6) is 11.6 Å². The van der Waals surface area contributed by atoms with Gasteiger partial charge in [-0.3, -0.25) is 4.90 Å². The zero-order chi connectivity index (χ0) is 23.1. The summed E-state index contributed by atoms with van der Waals surface area (Å²) < 4.78 is 13.7. The quantitative estimate of drug-likeness (QED) is 0.463. The zero-order valence-corrected chi connectivity index (χ0v) is 19.7. The van der Waals surface area contributed by atoms with E-state index in [1.165, 1.54) is 0 Å². The van der Waals surface area contributed by atoms with Gasteiger partial charge in [0, 0.05) is 31.7 Å². The lowest BCUT2D eigenvalue weighted by molar-refractivity contribution is -0.0137. The maximum Gasteiger partial charge on any atom is 0.222 e. The Morgan fingerprint density at radius 3 is 2.19 bits per heavy atom. The summed E-state index contributed by atoms with van der Waals surface area (Å²) in [6.45, 7) is 9.62. The molecule has 0 fully saturated rings. The topological polar surface area (TPSA) is 59.8 Å². The number of hydrogen-bond acceptors (Lipinski definition) is 5. The number of aromatic nitrogens is 2. The van der Waals surface area contributed by atoms with Crippen LogP contribution in [0.4, 0.5) is 0 Å². The van der Waals surface area contributed by atoms with Gasteiger partial charge in [-0.15, -0.1) is 0 Å². The molecule has 0 radical (unpaired) electrons. The second kappa shape index (κ2) is 11.3. The van der Waals surface area contributed by atoms with Crippen molar-refractivity contribution < 1.29 is 14.6 Å². The number of benzene rings is 2. The first kappa shape index (κ1) is 24.0. The summed E-state index contributed by atoms with van der Waals surface area (Å²) in [6.07, 6.45) is -0.485. The second-order valence-electron chi connectivity index (χ2n) is 8.60. The minimum atomic E-state index is -0.574. The fraction of sp³-hybridized carbons (Fsp3) is 0.423. The molecule has 0 aliphatic rings. The van der Waals surface area contributed by atoms with Crippen LogP contribution in [0, 0.1) is 0 Å². The highest BCUT2D eigenvalue weighted by molar-refractivity contribution is 5.65. The number of nitrogens with zero attached hydrogens (tertiary/aromatic N) is 3. The second-order valence-corrected chi connectivity index (χ2v) is 8.60. The Morgan fingerprint density at radius 2 is 1.59 bits per heavy atom. The van der Waals surface area contributed by atoms with E-state index in [1.807, 2.05) is 69.4 Å². The van der Waals surface area contributed by atoms with Gasteiger partial charge < -0.3 is 14.6 Å². The fourth-order valence-electron chi connectivity index (χ4n) is 3.54. The maximum atomic E-state index is 10.6. The predicted molar refractivity (Wildman–Crippen MR) is 128 cm³/mol. The van der Waals surface area contributed by atoms with Crippen molar-refractivity contribution in [2.75, 3.05) is 13.2 Å². The van der Waals surface area contributed by atoms with E-state index in [0.717, 1.165) is 22.6 Å². The number of para-hydroxylation sites is 1. The Balaban J connectivity index is 1.94. The molecule has 1 N–H and O–H groups in total. The molecule has 6 nitrogen and oxygen atoms in total. The minimum Gasteiger partial charge on any atom is -0.439 e. The Morgan fingerprint density at radius 1 is 0.969 bits per heavy atom. The van der Waals surface area contributed by atoms with E-state index in [9.17, 15) is 5.11 Å². The molecular formula is C26H35N3O3. The number of ether oxygens (including phenoxy) is 2. The minimum absolute atomic E-state index is 0.0889. The van der Waals surface area contributed by atoms with E-state index in [0.29, 0.717) is 25.6 Å². The van der Waals surface area contributed by atoms with E-state index in [-0.39, 0.29) is 12.1 Å². The smallest absolute Gasteiger partial charge is 0.222 e. The third-order valence-corrected chi connectivity index (χ3v) is 5.25. The van der Waals surface area contributed by atoms with Crippen LogP contribution in [0.15, 0.2) is 60.7 Å². The van der Waals surface area contributed by atoms with E-state index in [2.05, 4.69) is 30.9 Å². The van der Waals surface area contributed by atoms with Crippen LogP contribution < -0.4 is 4.74 Å². The average molecular weight is 438 g/mol. The van der Waals surface area contributed by atoms with Crippen molar-refractivity contribution in [1.29, 1.82) is 0 Å². The third-order valence-electron chi connectivity index (χ3n) is 5.25. The molecule has 6 heteroatoms. The number of rotatable bonds is 11. The van der Waals surface area contributed by atoms with Gasteiger partial charge in [-0.25, -0.2) is 4.68 Å². The molecule has 0 aliphatic carbocycles. The van der Waals surface area contributed by atoms with Gasteiger partial charge in [0.1, 0.15) is 11.4 Å². The monoisotopic (exact) mass is 437 g/mol. The van der Waals surface area contributed by atoms with Crippen LogP contribution in [-0.4, -0.2) is 51.2 Å². The summed E-state index contributed by atoms with van der Waals surface area (Å²) in [7, 11) is 1.90. The van der Waals surface area contributed by atoms with Gasteiger partial charge in [-0.2, -0.15) is 5.10 Å². The first-order chi connectivity index (χ1) is 15.3. The van der Waals surface area contributed by atoms with Crippen LogP contribution in [0.1, 0.15) is 33.3 Å². The number of aliphatic hydroxyl groups is 1. The summed E-state index contributed by atoms with van der Waals surface area (Å²) in [6, 6.07) is 20.1. The van der Waals surface area contributed by atoms with Crippen LogP contribution in [0.3, 0.4) is 0 Å². The molecule has 0 saturated heterocycles. The summed E-state index contributed by atoms with van der Waals surface area (Å²) >= 11 is 0. The summed E-state index contributed by atoms with van der Waals surface area (Å²) in [5, 5.41) is 15.4. The molecule has 0 aliphatic heterocycles. The Hall–Kier alpha value is -2.67. The van der Waals surface area contributed by atoms with Gasteiger partial charge >= 0.3 is 0 Å². The molecule has 1 atom stereocenters. The van der Waals surface area contributed by atoms with Crippen LogP contribution in [0.25, 0.3) is 11.3 Å². The SMILES string of the molecule is CC(C)OCC(O)CN(Cc1c(-c2ccccc2)nn(C)c1Oc1ccccc1)C(C)C. The zero-order valence-electron chi connectivity index (χ0n) is 19.7. The highest BCUT2D eigenvalue weighted by atomic mass is 16.5. The van der Waals surface area contributed by atoms with Crippen LogP contribution in [-0.2, 0) is 18.3 Å². The molecule has 1 unspecified atom stereocenters. The lowest BCUT2D eigenvalue weighted by atomic mass is 10.1. The molecule has 0 amide bonds. The van der Waals surface area contributed by atoms with Gasteiger partial charge in [-0.05, 0) is 39.8 Å². The molecule has 1 heterocycles. The van der Waals surface area contributed by atoms with E-state index in [4.69, 9.17) is 14.6 Å². The summed E-state index contributed by atoms with van der Waals surface area (Å²) in [5.74, 6) is 1.46. The van der Waals surface area contributed by atoms with Gasteiger partial charge in [0.2, 0.25) is 5.88 Å². The van der Waals surface area contributed by atoms with Crippen molar-refractivity contribution in [3.63, 3.8) is 0 Å². The molecule has 0 spiro atoms. The third kappa shape index (κ3) is 6.42. The van der Waals surface area contributed by atoms with Gasteiger partial charge in [0.05, 0.1) is 24.4 Å². The van der Waals surface area contributed by atoms with Crippen molar-refractivity contribution in [3.05, 3.63) is 66.2 Å². The number of hydrogen-bond donors (Lipinski definition) is 1. The first-order valence-electron chi connectivity index (χ1n) is 11.2. The average Bonchev–Trinajstić information content (AvgIpc) is 3.08. The van der Waals surface area contributed by atoms with Crippen LogP contribution in [0.2, 0.25) is 0 Å². The predicted octanol–water partition coefficient (Wildman–Crippen LogP) is 4.88. The maximum absolute atomic E-state index is 10.6. The Labute approximate surface area is 191 Å². The van der Waals surface area contributed by atoms with E-state index < -0.39 is 6.10 Å². The van der Waals surface area contributed by atoms with Gasteiger partial charge in [0.25, 0.3) is 0 Å². The highest BCUT2D eigenvalue weighted by Crippen LogP contribution is 2.34. The lowest BCUT2D eigenvalue weighted by Crippen LogP contribution is -2.39. The van der Waals surface area contributed by atoms with Crippen molar-refractivity contribution in [1.82, 2.24) is 14.7 Å². The molecular weight excluding hydrogens is 402 g/mol.